The van der Waals surface area contributed by atoms with E-state index in [-0.39, 0.29) is 32.7 Å². The Morgan fingerprint density at radius 1 is 1.00 bits per heavy atom. The Balaban J connectivity index is -0.000000120. The predicted octanol–water partition coefficient (Wildman–Crippen LogP) is 0.767. The Labute approximate surface area is 69.3 Å². The average Bonchev–Trinajstić information content (AvgIpc) is 1.72. The van der Waals surface area contributed by atoms with Crippen LogP contribution in [-0.4, -0.2) is 0 Å². The third-order valence-corrected chi connectivity index (χ3v) is 0.700. The number of nitrogens with one attached hydrogen (secondary N) is 1. The van der Waals surface area contributed by atoms with Crippen LogP contribution >= 0.6 is 0 Å². The van der Waals surface area contributed by atoms with Crippen molar-refractivity contribution in [3.63, 3.8) is 0 Å². The molecule has 0 aliphatic carbocycles. The summed E-state index contributed by atoms with van der Waals surface area (Å²) < 4.78 is 0. The van der Waals surface area contributed by atoms with E-state index in [0.29, 0.717) is 0 Å². The first-order valence-corrected chi connectivity index (χ1v) is 2.06. The van der Waals surface area contributed by atoms with Crippen LogP contribution in [0.5, 0.6) is 0 Å². The normalized spacial score (nSPS) is 11.6. The van der Waals surface area contributed by atoms with E-state index in [1.807, 2.05) is 12.4 Å². The molecule has 1 aliphatic heterocycles. The summed E-state index contributed by atoms with van der Waals surface area (Å²) in [7, 11) is 0. The van der Waals surface area contributed by atoms with E-state index >= 15 is 0 Å². The smallest absolute Gasteiger partial charge is 2.00 e. The molecule has 0 radical (unpaired) electrons. The van der Waals surface area contributed by atoms with Crippen LogP contribution in [0.4, 0.5) is 0 Å². The van der Waals surface area contributed by atoms with E-state index in [0.717, 1.165) is 6.42 Å². The van der Waals surface area contributed by atoms with Crippen LogP contribution < -0.4 is 5.32 Å². The molecule has 0 aromatic heterocycles. The zero-order valence-electron chi connectivity index (χ0n) is 4.83. The Morgan fingerprint density at radius 2 is 1.44 bits per heavy atom. The molecule has 0 saturated carbocycles. The monoisotopic (exact) mass is 161 g/mol. The van der Waals surface area contributed by atoms with Gasteiger partial charge in [-0.15, -0.1) is 0 Å². The van der Waals surface area contributed by atoms with E-state index in [9.17, 15) is 0 Å². The second-order valence-electron chi connectivity index (χ2n) is 1.21. The summed E-state index contributed by atoms with van der Waals surface area (Å²) >= 11 is 0. The van der Waals surface area contributed by atoms with E-state index in [2.05, 4.69) is 17.5 Å². The summed E-state index contributed by atoms with van der Waals surface area (Å²) in [6.45, 7) is 0. The van der Waals surface area contributed by atoms with E-state index in [1.54, 1.807) is 0 Å². The SMILES string of the molecule is C1=CNC=CC1.[O-2].[O-2].[Ti+4]. The van der Waals surface area contributed by atoms with Crippen LogP contribution in [0.3, 0.4) is 0 Å². The minimum atomic E-state index is 0. The molecule has 0 amide bonds. The molecule has 0 unspecified atom stereocenters. The molecule has 3 nitrogen and oxygen atoms in total. The van der Waals surface area contributed by atoms with Crippen LogP contribution in [0.25, 0.3) is 0 Å². The molecular weight excluding hydrogens is 154 g/mol. The maximum absolute atomic E-state index is 2.92. The summed E-state index contributed by atoms with van der Waals surface area (Å²) in [6, 6.07) is 0. The molecule has 1 rings (SSSR count). The first-order chi connectivity index (χ1) is 3.00. The van der Waals surface area contributed by atoms with Gasteiger partial charge >= 0.3 is 21.7 Å². The number of hydrogen-bond donors (Lipinski definition) is 1. The average molecular weight is 161 g/mol. The van der Waals surface area contributed by atoms with Gasteiger partial charge in [-0.05, 0) is 18.8 Å². The van der Waals surface area contributed by atoms with Crippen LogP contribution in [0.1, 0.15) is 6.42 Å². The largest absolute Gasteiger partial charge is 4.00 e. The quantitative estimate of drug-likeness (QED) is 0.523. The van der Waals surface area contributed by atoms with E-state index in [1.165, 1.54) is 0 Å². The predicted molar refractivity (Wildman–Crippen MR) is 27.4 cm³/mol. The third-order valence-electron chi connectivity index (χ3n) is 0.700. The summed E-state index contributed by atoms with van der Waals surface area (Å²) in [5, 5.41) is 2.92. The standard InChI is InChI=1S/C5H7N.2O.Ti/c1-2-4-6-5-3-1;;;/h2-6H,1H2;;;/q;2*-2;+4. The minimum absolute atomic E-state index is 0. The molecule has 48 valence electrons. The summed E-state index contributed by atoms with van der Waals surface area (Å²) in [5.74, 6) is 0. The molecule has 0 atom stereocenters. The number of allylic oxidation sites excluding steroid dienone is 2. The van der Waals surface area contributed by atoms with Crippen molar-refractivity contribution in [3.8, 4) is 0 Å². The number of dihydropyridines is 1. The van der Waals surface area contributed by atoms with Crippen LogP contribution in [-0.2, 0) is 32.7 Å². The molecule has 1 aliphatic rings. The van der Waals surface area contributed by atoms with Crippen molar-refractivity contribution in [2.45, 2.75) is 6.42 Å². The Hall–Kier alpha value is -0.0857. The van der Waals surface area contributed by atoms with Gasteiger partial charge in [0.25, 0.3) is 0 Å². The summed E-state index contributed by atoms with van der Waals surface area (Å²) in [6.07, 6.45) is 9.08. The van der Waals surface area contributed by atoms with Gasteiger partial charge in [0, 0.05) is 0 Å². The molecule has 0 spiro atoms. The fraction of sp³-hybridized carbons (Fsp3) is 0.200. The molecule has 1 N–H and O–H groups in total. The number of hydrogen-bond acceptors (Lipinski definition) is 1. The van der Waals surface area contributed by atoms with E-state index < -0.39 is 0 Å². The fourth-order valence-corrected chi connectivity index (χ4v) is 0.406. The molecule has 0 saturated heterocycles. The molecule has 0 aromatic rings. The van der Waals surface area contributed by atoms with Crippen molar-refractivity contribution in [2.75, 3.05) is 0 Å². The van der Waals surface area contributed by atoms with E-state index in [4.69, 9.17) is 0 Å². The van der Waals surface area contributed by atoms with Crippen LogP contribution in [0.15, 0.2) is 24.6 Å². The van der Waals surface area contributed by atoms with Gasteiger partial charge in [0.1, 0.15) is 0 Å². The molecule has 0 aromatic carbocycles. The maximum Gasteiger partial charge on any atom is 4.00 e. The molecule has 9 heavy (non-hydrogen) atoms. The fourth-order valence-electron chi connectivity index (χ4n) is 0.406. The van der Waals surface area contributed by atoms with Gasteiger partial charge < -0.3 is 16.3 Å². The Bertz CT molecular complexity index is 73.0. The van der Waals surface area contributed by atoms with Gasteiger partial charge in [0.2, 0.25) is 0 Å². The first kappa shape index (κ1) is 16.0. The van der Waals surface area contributed by atoms with Crippen LogP contribution in [0.2, 0.25) is 0 Å². The van der Waals surface area contributed by atoms with Crippen molar-refractivity contribution in [2.24, 2.45) is 0 Å². The first-order valence-electron chi connectivity index (χ1n) is 2.06. The molecule has 4 heteroatoms. The van der Waals surface area contributed by atoms with Gasteiger partial charge in [0.15, 0.2) is 0 Å². The Morgan fingerprint density at radius 3 is 1.56 bits per heavy atom. The maximum atomic E-state index is 2.92. The molecule has 0 bridgehead atoms. The third kappa shape index (κ3) is 7.91. The number of rotatable bonds is 0. The van der Waals surface area contributed by atoms with Crippen LogP contribution in [0, 0.1) is 0 Å². The van der Waals surface area contributed by atoms with Crippen molar-refractivity contribution in [1.82, 2.24) is 5.32 Å². The van der Waals surface area contributed by atoms with Gasteiger partial charge in [-0.3, -0.25) is 0 Å². The summed E-state index contributed by atoms with van der Waals surface area (Å²) in [4.78, 5) is 0. The van der Waals surface area contributed by atoms with Gasteiger partial charge in [-0.25, -0.2) is 0 Å². The van der Waals surface area contributed by atoms with Crippen molar-refractivity contribution >= 4 is 0 Å². The Kier molecular flexibility index (Phi) is 19.2. The zero-order chi connectivity index (χ0) is 4.24. The van der Waals surface area contributed by atoms with Crippen molar-refractivity contribution < 1.29 is 32.7 Å². The minimum Gasteiger partial charge on any atom is -2.00 e. The zero-order valence-corrected chi connectivity index (χ0v) is 6.39. The molecular formula is C5H7NO2Ti. The summed E-state index contributed by atoms with van der Waals surface area (Å²) in [5.41, 5.74) is 0. The van der Waals surface area contributed by atoms with Crippen molar-refractivity contribution in [1.29, 1.82) is 0 Å². The second-order valence-corrected chi connectivity index (χ2v) is 1.21. The topological polar surface area (TPSA) is 69.0 Å². The van der Waals surface area contributed by atoms with Crippen molar-refractivity contribution in [3.05, 3.63) is 24.6 Å². The van der Waals surface area contributed by atoms with Gasteiger partial charge in [0.05, 0.1) is 0 Å². The molecule has 0 fully saturated rings. The second kappa shape index (κ2) is 10.8. The van der Waals surface area contributed by atoms with Gasteiger partial charge in [-0.1, -0.05) is 12.2 Å². The van der Waals surface area contributed by atoms with Gasteiger partial charge in [-0.2, -0.15) is 0 Å². The molecule has 1 heterocycles.